The van der Waals surface area contributed by atoms with Crippen molar-refractivity contribution in [2.24, 2.45) is 16.6 Å². The summed E-state index contributed by atoms with van der Waals surface area (Å²) in [6.07, 6.45) is 1.73. The maximum atomic E-state index is 5.50. The molecule has 11 heavy (non-hydrogen) atoms. The standard InChI is InChI=1S/C7H14N2.2ClH/c1-4-5-9-7(8)6(2)3;;/h4,6H,1,5H2,2-3H3,(H2,8,9);2*1H. The molecule has 2 N–H and O–H groups in total. The van der Waals surface area contributed by atoms with Crippen LogP contribution in [0.5, 0.6) is 0 Å². The summed E-state index contributed by atoms with van der Waals surface area (Å²) < 4.78 is 0. The van der Waals surface area contributed by atoms with E-state index in [-0.39, 0.29) is 24.8 Å². The Morgan fingerprint density at radius 1 is 1.55 bits per heavy atom. The van der Waals surface area contributed by atoms with Crippen molar-refractivity contribution < 1.29 is 0 Å². The van der Waals surface area contributed by atoms with Crippen LogP contribution in [0.15, 0.2) is 17.6 Å². The Labute approximate surface area is 80.8 Å². The van der Waals surface area contributed by atoms with Crippen molar-refractivity contribution in [2.75, 3.05) is 6.54 Å². The quantitative estimate of drug-likeness (QED) is 0.421. The number of hydrogen-bond acceptors (Lipinski definition) is 1. The molecule has 0 aliphatic rings. The lowest BCUT2D eigenvalue weighted by molar-refractivity contribution is 0.865. The Balaban J connectivity index is -0.000000320. The summed E-state index contributed by atoms with van der Waals surface area (Å²) in [5, 5.41) is 0. The third kappa shape index (κ3) is 9.79. The number of rotatable bonds is 3. The van der Waals surface area contributed by atoms with E-state index < -0.39 is 0 Å². The molecular formula is C7H16Cl2N2. The van der Waals surface area contributed by atoms with E-state index in [1.807, 2.05) is 13.8 Å². The highest BCUT2D eigenvalue weighted by molar-refractivity contribution is 5.85. The van der Waals surface area contributed by atoms with E-state index in [0.717, 1.165) is 0 Å². The molecule has 0 bridgehead atoms. The SMILES string of the molecule is C=CCN=C(N)C(C)C.Cl.Cl. The third-order valence-corrected chi connectivity index (χ3v) is 0.994. The molecule has 0 saturated heterocycles. The predicted octanol–water partition coefficient (Wildman–Crippen LogP) is 2.03. The fourth-order valence-corrected chi connectivity index (χ4v) is 0.353. The third-order valence-electron chi connectivity index (χ3n) is 0.994. The fourth-order valence-electron chi connectivity index (χ4n) is 0.353. The second-order valence-electron chi connectivity index (χ2n) is 2.21. The molecule has 0 aliphatic carbocycles. The molecule has 4 heteroatoms. The average Bonchev–Trinajstić information content (AvgIpc) is 1.82. The van der Waals surface area contributed by atoms with Crippen molar-refractivity contribution in [1.82, 2.24) is 0 Å². The van der Waals surface area contributed by atoms with Crippen LogP contribution in [0.4, 0.5) is 0 Å². The minimum absolute atomic E-state index is 0. The lowest BCUT2D eigenvalue weighted by atomic mass is 10.2. The van der Waals surface area contributed by atoms with Crippen molar-refractivity contribution in [1.29, 1.82) is 0 Å². The largest absolute Gasteiger partial charge is 0.387 e. The van der Waals surface area contributed by atoms with Crippen molar-refractivity contribution in [3.8, 4) is 0 Å². The van der Waals surface area contributed by atoms with Gasteiger partial charge in [0.2, 0.25) is 0 Å². The van der Waals surface area contributed by atoms with Crippen LogP contribution < -0.4 is 5.73 Å². The van der Waals surface area contributed by atoms with Crippen molar-refractivity contribution >= 4 is 30.6 Å². The molecule has 0 aromatic rings. The van der Waals surface area contributed by atoms with Crippen molar-refractivity contribution in [2.45, 2.75) is 13.8 Å². The molecule has 68 valence electrons. The maximum absolute atomic E-state index is 5.50. The summed E-state index contributed by atoms with van der Waals surface area (Å²) in [6.45, 7) is 8.19. The monoisotopic (exact) mass is 198 g/mol. The zero-order valence-corrected chi connectivity index (χ0v) is 8.54. The van der Waals surface area contributed by atoms with Crippen molar-refractivity contribution in [3.05, 3.63) is 12.7 Å². The molecule has 0 atom stereocenters. The number of hydrogen-bond donors (Lipinski definition) is 1. The number of halogens is 2. The Morgan fingerprint density at radius 2 is 2.00 bits per heavy atom. The Hall–Kier alpha value is -0.210. The normalized spacial score (nSPS) is 9.91. The number of aliphatic imine (C=N–C) groups is 1. The minimum atomic E-state index is 0. The summed E-state index contributed by atoms with van der Waals surface area (Å²) in [4.78, 5) is 4.02. The molecule has 0 aromatic carbocycles. The molecule has 0 fully saturated rings. The maximum Gasteiger partial charge on any atom is 0.0966 e. The van der Waals surface area contributed by atoms with E-state index in [4.69, 9.17) is 5.73 Å². The highest BCUT2D eigenvalue weighted by Crippen LogP contribution is 1.90. The van der Waals surface area contributed by atoms with E-state index in [1.54, 1.807) is 6.08 Å². The van der Waals surface area contributed by atoms with E-state index in [1.165, 1.54) is 0 Å². The molecule has 0 amide bonds. The van der Waals surface area contributed by atoms with Gasteiger partial charge in [-0.1, -0.05) is 19.9 Å². The van der Waals surface area contributed by atoms with Gasteiger partial charge in [0.15, 0.2) is 0 Å². The van der Waals surface area contributed by atoms with Crippen LogP contribution in [0, 0.1) is 5.92 Å². The molecule has 0 aromatic heterocycles. The van der Waals surface area contributed by atoms with Gasteiger partial charge in [-0.2, -0.15) is 0 Å². The summed E-state index contributed by atoms with van der Waals surface area (Å²) in [5.41, 5.74) is 5.50. The summed E-state index contributed by atoms with van der Waals surface area (Å²) in [6, 6.07) is 0. The van der Waals surface area contributed by atoms with Crippen molar-refractivity contribution in [3.63, 3.8) is 0 Å². The highest BCUT2D eigenvalue weighted by atomic mass is 35.5. The first-order valence-corrected chi connectivity index (χ1v) is 3.09. The van der Waals surface area contributed by atoms with Gasteiger partial charge in [0.1, 0.15) is 0 Å². The molecule has 0 radical (unpaired) electrons. The van der Waals surface area contributed by atoms with E-state index in [9.17, 15) is 0 Å². The van der Waals surface area contributed by atoms with Gasteiger partial charge in [0.25, 0.3) is 0 Å². The first-order chi connectivity index (χ1) is 4.18. The first-order valence-electron chi connectivity index (χ1n) is 3.09. The molecule has 0 unspecified atom stereocenters. The topological polar surface area (TPSA) is 38.4 Å². The smallest absolute Gasteiger partial charge is 0.0966 e. The number of nitrogens with zero attached hydrogens (tertiary/aromatic N) is 1. The number of nitrogens with two attached hydrogens (primary N) is 1. The lowest BCUT2D eigenvalue weighted by Crippen LogP contribution is -2.18. The van der Waals surface area contributed by atoms with Crippen LogP contribution in [-0.4, -0.2) is 12.4 Å². The Bertz CT molecular complexity index is 122. The zero-order valence-electron chi connectivity index (χ0n) is 6.91. The zero-order chi connectivity index (χ0) is 7.28. The van der Waals surface area contributed by atoms with E-state index in [0.29, 0.717) is 18.3 Å². The van der Waals surface area contributed by atoms with Crippen LogP contribution >= 0.6 is 24.8 Å². The van der Waals surface area contributed by atoms with Gasteiger partial charge in [0.05, 0.1) is 12.4 Å². The predicted molar refractivity (Wildman–Crippen MR) is 56.0 cm³/mol. The summed E-state index contributed by atoms with van der Waals surface area (Å²) in [7, 11) is 0. The van der Waals surface area contributed by atoms with Gasteiger partial charge >= 0.3 is 0 Å². The molecular weight excluding hydrogens is 183 g/mol. The van der Waals surface area contributed by atoms with Crippen LogP contribution in [0.25, 0.3) is 0 Å². The van der Waals surface area contributed by atoms with E-state index in [2.05, 4.69) is 11.6 Å². The lowest BCUT2D eigenvalue weighted by Gasteiger charge is -2.00. The average molecular weight is 199 g/mol. The second kappa shape index (κ2) is 9.79. The first kappa shape index (κ1) is 17.0. The molecule has 0 aliphatic heterocycles. The molecule has 2 nitrogen and oxygen atoms in total. The van der Waals surface area contributed by atoms with Gasteiger partial charge in [-0.25, -0.2) is 0 Å². The summed E-state index contributed by atoms with van der Waals surface area (Å²) in [5.74, 6) is 1.06. The van der Waals surface area contributed by atoms with Crippen LogP contribution in [0.3, 0.4) is 0 Å². The molecule has 0 heterocycles. The van der Waals surface area contributed by atoms with Gasteiger partial charge in [-0.05, 0) is 0 Å². The molecule has 0 rings (SSSR count). The van der Waals surface area contributed by atoms with Gasteiger partial charge in [-0.3, -0.25) is 4.99 Å². The highest BCUT2D eigenvalue weighted by Gasteiger charge is 1.95. The molecule has 0 saturated carbocycles. The minimum Gasteiger partial charge on any atom is -0.387 e. The van der Waals surface area contributed by atoms with Gasteiger partial charge in [0, 0.05) is 5.92 Å². The van der Waals surface area contributed by atoms with E-state index >= 15 is 0 Å². The van der Waals surface area contributed by atoms with Crippen LogP contribution in [-0.2, 0) is 0 Å². The second-order valence-corrected chi connectivity index (χ2v) is 2.21. The van der Waals surface area contributed by atoms with Crippen LogP contribution in [0.1, 0.15) is 13.8 Å². The van der Waals surface area contributed by atoms with Gasteiger partial charge in [-0.15, -0.1) is 31.4 Å². The van der Waals surface area contributed by atoms with Gasteiger partial charge < -0.3 is 5.73 Å². The summed E-state index contributed by atoms with van der Waals surface area (Å²) >= 11 is 0. The number of amidine groups is 1. The Morgan fingerprint density at radius 3 is 2.27 bits per heavy atom. The molecule has 0 spiro atoms. The van der Waals surface area contributed by atoms with Crippen LogP contribution in [0.2, 0.25) is 0 Å². The fraction of sp³-hybridized carbons (Fsp3) is 0.571. The Kier molecular flexibility index (Phi) is 15.2.